The number of furan rings is 1. The Hall–Kier alpha value is -1.06. The van der Waals surface area contributed by atoms with Crippen molar-refractivity contribution in [2.24, 2.45) is 5.92 Å². The highest BCUT2D eigenvalue weighted by molar-refractivity contribution is 5.42. The molecular weight excluding hydrogens is 202 g/mol. The van der Waals surface area contributed by atoms with Crippen molar-refractivity contribution in [2.45, 2.75) is 26.4 Å². The van der Waals surface area contributed by atoms with Gasteiger partial charge in [-0.1, -0.05) is 13.0 Å². The van der Waals surface area contributed by atoms with E-state index in [9.17, 15) is 5.11 Å². The van der Waals surface area contributed by atoms with E-state index in [0.29, 0.717) is 5.92 Å². The quantitative estimate of drug-likeness (QED) is 0.697. The minimum Gasteiger partial charge on any atom is -0.465 e. The van der Waals surface area contributed by atoms with Crippen molar-refractivity contribution in [1.29, 1.82) is 0 Å². The molecule has 0 aliphatic carbocycles. The molecule has 0 amide bonds. The zero-order valence-electron chi connectivity index (χ0n) is 10.0. The highest BCUT2D eigenvalue weighted by atomic mass is 16.3. The SMILES string of the molecule is CC(O)CC(C)CNC/C=C/c1ccco1. The Bertz CT molecular complexity index is 291. The van der Waals surface area contributed by atoms with E-state index in [1.54, 1.807) is 6.26 Å². The van der Waals surface area contributed by atoms with Gasteiger partial charge in [0.05, 0.1) is 12.4 Å². The molecule has 0 bridgehead atoms. The van der Waals surface area contributed by atoms with Crippen molar-refractivity contribution >= 4 is 6.08 Å². The molecule has 1 heterocycles. The van der Waals surface area contributed by atoms with Crippen LogP contribution in [-0.4, -0.2) is 24.3 Å². The summed E-state index contributed by atoms with van der Waals surface area (Å²) in [5.74, 6) is 1.37. The fraction of sp³-hybridized carbons (Fsp3) is 0.538. The second-order valence-corrected chi connectivity index (χ2v) is 4.27. The first kappa shape index (κ1) is 13.0. The molecule has 0 radical (unpaired) electrons. The lowest BCUT2D eigenvalue weighted by molar-refractivity contribution is 0.163. The van der Waals surface area contributed by atoms with Crippen molar-refractivity contribution < 1.29 is 9.52 Å². The lowest BCUT2D eigenvalue weighted by Crippen LogP contribution is -2.23. The van der Waals surface area contributed by atoms with E-state index in [2.05, 4.69) is 12.2 Å². The molecule has 0 fully saturated rings. The summed E-state index contributed by atoms with van der Waals surface area (Å²) in [6, 6.07) is 3.80. The first-order valence-electron chi connectivity index (χ1n) is 5.77. The van der Waals surface area contributed by atoms with Gasteiger partial charge in [0.15, 0.2) is 0 Å². The van der Waals surface area contributed by atoms with Crippen LogP contribution in [0.15, 0.2) is 28.9 Å². The van der Waals surface area contributed by atoms with Gasteiger partial charge < -0.3 is 14.8 Å². The van der Waals surface area contributed by atoms with Gasteiger partial charge in [-0.3, -0.25) is 0 Å². The van der Waals surface area contributed by atoms with E-state index in [1.807, 2.05) is 31.2 Å². The lowest BCUT2D eigenvalue weighted by Gasteiger charge is -2.13. The van der Waals surface area contributed by atoms with E-state index in [0.717, 1.165) is 25.3 Å². The number of aliphatic hydroxyl groups excluding tert-OH is 1. The van der Waals surface area contributed by atoms with Crippen molar-refractivity contribution in [3.8, 4) is 0 Å². The number of hydrogen-bond acceptors (Lipinski definition) is 3. The van der Waals surface area contributed by atoms with E-state index in [4.69, 9.17) is 4.42 Å². The van der Waals surface area contributed by atoms with Crippen LogP contribution >= 0.6 is 0 Å². The van der Waals surface area contributed by atoms with Gasteiger partial charge in [-0.25, -0.2) is 0 Å². The van der Waals surface area contributed by atoms with Gasteiger partial charge in [0.2, 0.25) is 0 Å². The van der Waals surface area contributed by atoms with Crippen LogP contribution in [-0.2, 0) is 0 Å². The van der Waals surface area contributed by atoms with Crippen molar-refractivity contribution in [2.75, 3.05) is 13.1 Å². The molecule has 0 aliphatic rings. The van der Waals surface area contributed by atoms with Gasteiger partial charge >= 0.3 is 0 Å². The molecule has 2 N–H and O–H groups in total. The molecule has 0 spiro atoms. The smallest absolute Gasteiger partial charge is 0.126 e. The molecular formula is C13H21NO2. The summed E-state index contributed by atoms with van der Waals surface area (Å²) in [5, 5.41) is 12.5. The third-order valence-electron chi connectivity index (χ3n) is 2.32. The number of rotatable bonds is 7. The second kappa shape index (κ2) is 7.25. The highest BCUT2D eigenvalue weighted by Crippen LogP contribution is 2.04. The summed E-state index contributed by atoms with van der Waals surface area (Å²) in [7, 11) is 0. The topological polar surface area (TPSA) is 45.4 Å². The van der Waals surface area contributed by atoms with Crippen LogP contribution in [0.5, 0.6) is 0 Å². The molecule has 1 rings (SSSR count). The third-order valence-corrected chi connectivity index (χ3v) is 2.32. The molecule has 2 unspecified atom stereocenters. The summed E-state index contributed by atoms with van der Waals surface area (Å²) >= 11 is 0. The molecule has 3 heteroatoms. The van der Waals surface area contributed by atoms with Crippen LogP contribution in [0.1, 0.15) is 26.0 Å². The van der Waals surface area contributed by atoms with Crippen molar-refractivity contribution in [3.05, 3.63) is 30.2 Å². The summed E-state index contributed by atoms with van der Waals surface area (Å²) in [6.07, 6.45) is 6.28. The first-order chi connectivity index (χ1) is 7.68. The summed E-state index contributed by atoms with van der Waals surface area (Å²) in [4.78, 5) is 0. The van der Waals surface area contributed by atoms with Gasteiger partial charge in [-0.05, 0) is 44.0 Å². The maximum atomic E-state index is 9.20. The fourth-order valence-corrected chi connectivity index (χ4v) is 1.64. The molecule has 0 aromatic carbocycles. The van der Waals surface area contributed by atoms with E-state index < -0.39 is 0 Å². The maximum Gasteiger partial charge on any atom is 0.126 e. The van der Waals surface area contributed by atoms with Crippen molar-refractivity contribution in [1.82, 2.24) is 5.32 Å². The van der Waals surface area contributed by atoms with Crippen LogP contribution in [0.2, 0.25) is 0 Å². The summed E-state index contributed by atoms with van der Waals surface area (Å²) in [5.41, 5.74) is 0. The Morgan fingerprint density at radius 2 is 2.31 bits per heavy atom. The normalized spacial score (nSPS) is 15.4. The molecule has 90 valence electrons. The predicted molar refractivity (Wildman–Crippen MR) is 66.1 cm³/mol. The zero-order chi connectivity index (χ0) is 11.8. The van der Waals surface area contributed by atoms with E-state index in [-0.39, 0.29) is 6.10 Å². The monoisotopic (exact) mass is 223 g/mol. The molecule has 0 saturated heterocycles. The maximum absolute atomic E-state index is 9.20. The highest BCUT2D eigenvalue weighted by Gasteiger charge is 2.04. The Morgan fingerprint density at radius 1 is 1.50 bits per heavy atom. The molecule has 0 aliphatic heterocycles. The van der Waals surface area contributed by atoms with Gasteiger partial charge in [-0.15, -0.1) is 0 Å². The standard InChI is InChI=1S/C13H21NO2/c1-11(9-12(2)15)10-14-7-3-5-13-6-4-8-16-13/h3-6,8,11-12,14-15H,7,9-10H2,1-2H3/b5-3+. The van der Waals surface area contributed by atoms with Gasteiger partial charge in [0.1, 0.15) is 5.76 Å². The number of nitrogens with one attached hydrogen (secondary N) is 1. The molecule has 16 heavy (non-hydrogen) atoms. The largest absolute Gasteiger partial charge is 0.465 e. The molecule has 1 aromatic heterocycles. The van der Waals surface area contributed by atoms with Gasteiger partial charge in [0, 0.05) is 6.54 Å². The molecule has 0 saturated carbocycles. The molecule has 2 atom stereocenters. The Kier molecular flexibility index (Phi) is 5.90. The van der Waals surface area contributed by atoms with Crippen LogP contribution in [0, 0.1) is 5.92 Å². The third kappa shape index (κ3) is 5.73. The van der Waals surface area contributed by atoms with Gasteiger partial charge in [-0.2, -0.15) is 0 Å². The Labute approximate surface area is 97.2 Å². The van der Waals surface area contributed by atoms with Crippen molar-refractivity contribution in [3.63, 3.8) is 0 Å². The van der Waals surface area contributed by atoms with Gasteiger partial charge in [0.25, 0.3) is 0 Å². The zero-order valence-corrected chi connectivity index (χ0v) is 10.0. The number of aliphatic hydroxyl groups is 1. The number of hydrogen-bond donors (Lipinski definition) is 2. The summed E-state index contributed by atoms with van der Waals surface area (Å²) in [6.45, 7) is 5.71. The lowest BCUT2D eigenvalue weighted by atomic mass is 10.1. The Balaban J connectivity index is 2.07. The van der Waals surface area contributed by atoms with Crippen LogP contribution < -0.4 is 5.32 Å². The minimum absolute atomic E-state index is 0.213. The molecule has 1 aromatic rings. The molecule has 3 nitrogen and oxygen atoms in total. The summed E-state index contributed by atoms with van der Waals surface area (Å²) < 4.78 is 5.17. The average molecular weight is 223 g/mol. The van der Waals surface area contributed by atoms with Crippen LogP contribution in [0.3, 0.4) is 0 Å². The van der Waals surface area contributed by atoms with E-state index in [1.165, 1.54) is 0 Å². The average Bonchev–Trinajstić information content (AvgIpc) is 2.68. The Morgan fingerprint density at radius 3 is 2.94 bits per heavy atom. The predicted octanol–water partition coefficient (Wildman–Crippen LogP) is 2.29. The van der Waals surface area contributed by atoms with Crippen LogP contribution in [0.4, 0.5) is 0 Å². The second-order valence-electron chi connectivity index (χ2n) is 4.27. The van der Waals surface area contributed by atoms with E-state index >= 15 is 0 Å². The first-order valence-corrected chi connectivity index (χ1v) is 5.77. The minimum atomic E-state index is -0.213. The fourth-order valence-electron chi connectivity index (χ4n) is 1.64. The van der Waals surface area contributed by atoms with Crippen LogP contribution in [0.25, 0.3) is 6.08 Å².